The first kappa shape index (κ1) is 33.8. The van der Waals surface area contributed by atoms with E-state index in [1.807, 2.05) is 12.2 Å². The molecule has 0 aliphatic heterocycles. The third kappa shape index (κ3) is 19.7. The zero-order valence-corrected chi connectivity index (χ0v) is 23.4. The molecular weight excluding hydrogens is 466 g/mol. The van der Waals surface area contributed by atoms with E-state index in [9.17, 15) is 14.4 Å². The van der Waals surface area contributed by atoms with Crippen molar-refractivity contribution in [2.24, 2.45) is 5.92 Å². The minimum Gasteiger partial charge on any atom is -0.469 e. The van der Waals surface area contributed by atoms with Crippen LogP contribution in [0.4, 0.5) is 0 Å². The van der Waals surface area contributed by atoms with Gasteiger partial charge in [-0.15, -0.1) is 0 Å². The Morgan fingerprint density at radius 1 is 0.676 bits per heavy atom. The Hall–Kier alpha value is -3.15. The maximum Gasteiger partial charge on any atom is 0.328 e. The Labute approximate surface area is 224 Å². The molecule has 0 aromatic rings. The largest absolute Gasteiger partial charge is 0.469 e. The first-order chi connectivity index (χ1) is 17.8. The Balaban J connectivity index is 3.93. The van der Waals surface area contributed by atoms with Crippen LogP contribution in [0.15, 0.2) is 72.9 Å². The molecule has 0 aliphatic rings. The number of methoxy groups -OCH3 is 1. The highest BCUT2D eigenvalue weighted by atomic mass is 16.6. The lowest BCUT2D eigenvalue weighted by molar-refractivity contribution is -0.160. The number of carbonyl (C=O) groups excluding carboxylic acids is 3. The summed E-state index contributed by atoms with van der Waals surface area (Å²) in [5.74, 6) is -1.83. The van der Waals surface area contributed by atoms with Crippen LogP contribution >= 0.6 is 0 Å². The molecule has 6 nitrogen and oxygen atoms in total. The van der Waals surface area contributed by atoms with Crippen LogP contribution in [0.2, 0.25) is 0 Å². The maximum absolute atomic E-state index is 12.1. The number of esters is 2. The summed E-state index contributed by atoms with van der Waals surface area (Å²) in [6.45, 7) is 6.95. The van der Waals surface area contributed by atoms with Gasteiger partial charge in [-0.3, -0.25) is 9.59 Å². The van der Waals surface area contributed by atoms with Gasteiger partial charge in [0.1, 0.15) is 12.1 Å². The first-order valence-electron chi connectivity index (χ1n) is 13.3. The highest BCUT2D eigenvalue weighted by Gasteiger charge is 2.26. The number of rotatable bonds is 19. The van der Waals surface area contributed by atoms with Crippen LogP contribution in [0.25, 0.3) is 0 Å². The number of nitrogens with one attached hydrogen (secondary N) is 1. The van der Waals surface area contributed by atoms with Crippen molar-refractivity contribution in [1.82, 2.24) is 5.32 Å². The van der Waals surface area contributed by atoms with Gasteiger partial charge in [-0.1, -0.05) is 79.8 Å². The van der Waals surface area contributed by atoms with E-state index < -0.39 is 30.0 Å². The topological polar surface area (TPSA) is 81.7 Å². The van der Waals surface area contributed by atoms with Gasteiger partial charge < -0.3 is 14.8 Å². The predicted molar refractivity (Wildman–Crippen MR) is 152 cm³/mol. The van der Waals surface area contributed by atoms with Crippen LogP contribution in [0.3, 0.4) is 0 Å². The summed E-state index contributed by atoms with van der Waals surface area (Å²) < 4.78 is 9.90. The van der Waals surface area contributed by atoms with Gasteiger partial charge in [0, 0.05) is 6.42 Å². The minimum atomic E-state index is -0.787. The standard InChI is InChI=1S/C31H47NO5/c1-6-7-8-9-10-11-12-13-14-15-16-17-18-19-20-21-22-23-24-25-29(33)32-27(3)31(35)37-28(4)26(2)30(34)36-5/h7-8,10-11,13-14,16-17,19-20,22-23,26-28H,6,9,12,15,18,21,24-25H2,1-5H3,(H,32,33)/b8-7-,11-10-,14-13-,17-16-,20-19-,23-22-/t26-,27-,28+/m0/s1. The van der Waals surface area contributed by atoms with Crippen molar-refractivity contribution < 1.29 is 23.9 Å². The highest BCUT2D eigenvalue weighted by molar-refractivity contribution is 5.84. The minimum absolute atomic E-state index is 0.224. The van der Waals surface area contributed by atoms with Gasteiger partial charge in [-0.05, 0) is 65.7 Å². The Kier molecular flexibility index (Phi) is 21.3. The second kappa shape index (κ2) is 23.3. The molecule has 0 heterocycles. The number of carbonyl (C=O) groups is 3. The van der Waals surface area contributed by atoms with Gasteiger partial charge >= 0.3 is 11.9 Å². The molecule has 0 saturated heterocycles. The second-order valence-corrected chi connectivity index (χ2v) is 8.70. The monoisotopic (exact) mass is 513 g/mol. The fraction of sp³-hybridized carbons (Fsp3) is 0.516. The predicted octanol–water partition coefficient (Wildman–Crippen LogP) is 6.71. The fourth-order valence-corrected chi connectivity index (χ4v) is 2.99. The lowest BCUT2D eigenvalue weighted by atomic mass is 10.1. The summed E-state index contributed by atoms with van der Waals surface area (Å²) in [7, 11) is 1.29. The maximum atomic E-state index is 12.1. The van der Waals surface area contributed by atoms with E-state index >= 15 is 0 Å². The summed E-state index contributed by atoms with van der Waals surface area (Å²) in [5, 5.41) is 2.63. The lowest BCUT2D eigenvalue weighted by Crippen LogP contribution is -2.41. The second-order valence-electron chi connectivity index (χ2n) is 8.70. The molecule has 0 spiro atoms. The van der Waals surface area contributed by atoms with Crippen LogP contribution in [-0.2, 0) is 23.9 Å². The number of hydrogen-bond donors (Lipinski definition) is 1. The van der Waals surface area contributed by atoms with Crippen molar-refractivity contribution in [3.05, 3.63) is 72.9 Å². The molecule has 0 rings (SSSR count). The van der Waals surface area contributed by atoms with Gasteiger partial charge in [0.05, 0.1) is 13.0 Å². The number of amides is 1. The number of ether oxygens (including phenoxy) is 2. The van der Waals surface area contributed by atoms with E-state index in [1.54, 1.807) is 20.8 Å². The number of hydrogen-bond acceptors (Lipinski definition) is 5. The smallest absolute Gasteiger partial charge is 0.328 e. The molecule has 6 heteroatoms. The van der Waals surface area contributed by atoms with Crippen LogP contribution < -0.4 is 5.32 Å². The third-order valence-corrected chi connectivity index (χ3v) is 5.44. The van der Waals surface area contributed by atoms with Crippen molar-refractivity contribution in [3.63, 3.8) is 0 Å². The summed E-state index contributed by atoms with van der Waals surface area (Å²) in [4.78, 5) is 35.7. The summed E-state index contributed by atoms with van der Waals surface area (Å²) in [6, 6.07) is -0.787. The quantitative estimate of drug-likeness (QED) is 0.153. The Morgan fingerprint density at radius 2 is 1.11 bits per heavy atom. The van der Waals surface area contributed by atoms with E-state index in [2.05, 4.69) is 77.7 Å². The summed E-state index contributed by atoms with van der Waals surface area (Å²) in [6.07, 6.45) is 31.6. The van der Waals surface area contributed by atoms with Gasteiger partial charge in [0.15, 0.2) is 0 Å². The van der Waals surface area contributed by atoms with Crippen molar-refractivity contribution in [1.29, 1.82) is 0 Å². The third-order valence-electron chi connectivity index (χ3n) is 5.44. The average molecular weight is 514 g/mol. The van der Waals surface area contributed by atoms with E-state index in [0.29, 0.717) is 6.42 Å². The van der Waals surface area contributed by atoms with Gasteiger partial charge in [0.25, 0.3) is 0 Å². The molecule has 0 bridgehead atoms. The first-order valence-corrected chi connectivity index (χ1v) is 13.3. The fourth-order valence-electron chi connectivity index (χ4n) is 2.99. The highest BCUT2D eigenvalue weighted by Crippen LogP contribution is 2.10. The van der Waals surface area contributed by atoms with Crippen LogP contribution in [0.1, 0.15) is 79.1 Å². The Morgan fingerprint density at radius 3 is 1.54 bits per heavy atom. The average Bonchev–Trinajstić information content (AvgIpc) is 2.88. The number of allylic oxidation sites excluding steroid dienone is 12. The van der Waals surface area contributed by atoms with E-state index in [-0.39, 0.29) is 12.3 Å². The van der Waals surface area contributed by atoms with Crippen molar-refractivity contribution in [2.75, 3.05) is 7.11 Å². The summed E-state index contributed by atoms with van der Waals surface area (Å²) in [5.41, 5.74) is 0. The lowest BCUT2D eigenvalue weighted by Gasteiger charge is -2.21. The normalized spacial score (nSPS) is 14.8. The van der Waals surface area contributed by atoms with E-state index in [4.69, 9.17) is 4.74 Å². The van der Waals surface area contributed by atoms with E-state index in [0.717, 1.165) is 38.5 Å². The van der Waals surface area contributed by atoms with Gasteiger partial charge in [0.2, 0.25) is 5.91 Å². The van der Waals surface area contributed by atoms with E-state index in [1.165, 1.54) is 7.11 Å². The van der Waals surface area contributed by atoms with Gasteiger partial charge in [-0.2, -0.15) is 0 Å². The van der Waals surface area contributed by atoms with Crippen LogP contribution in [-0.4, -0.2) is 37.1 Å². The molecule has 37 heavy (non-hydrogen) atoms. The summed E-state index contributed by atoms with van der Waals surface area (Å²) >= 11 is 0. The van der Waals surface area contributed by atoms with Gasteiger partial charge in [-0.25, -0.2) is 4.79 Å². The molecule has 0 aromatic carbocycles. The zero-order valence-electron chi connectivity index (χ0n) is 23.4. The SMILES string of the molecule is CC/C=C\C/C=C\C/C=C\C/C=C\C/C=C\C/C=C\CCC(=O)N[C@@H](C)C(=O)O[C@H](C)[C@H](C)C(=O)OC. The molecule has 0 aromatic heterocycles. The van der Waals surface area contributed by atoms with Crippen molar-refractivity contribution in [3.8, 4) is 0 Å². The zero-order chi connectivity index (χ0) is 27.7. The molecule has 0 unspecified atom stereocenters. The molecule has 0 fully saturated rings. The van der Waals surface area contributed by atoms with Crippen LogP contribution in [0.5, 0.6) is 0 Å². The molecule has 1 amide bonds. The molecule has 0 aliphatic carbocycles. The van der Waals surface area contributed by atoms with Crippen LogP contribution in [0, 0.1) is 5.92 Å². The molecule has 206 valence electrons. The molecule has 0 saturated carbocycles. The molecule has 1 N–H and O–H groups in total. The Bertz CT molecular complexity index is 819. The van der Waals surface area contributed by atoms with Crippen molar-refractivity contribution >= 4 is 17.8 Å². The molecule has 0 radical (unpaired) electrons. The van der Waals surface area contributed by atoms with Crippen molar-refractivity contribution in [2.45, 2.75) is 91.2 Å². The molecule has 3 atom stereocenters. The molecular formula is C31H47NO5.